The van der Waals surface area contributed by atoms with Gasteiger partial charge in [-0.05, 0) is 30.2 Å². The van der Waals surface area contributed by atoms with E-state index in [1.807, 2.05) is 30.3 Å². The Morgan fingerprint density at radius 2 is 1.78 bits per heavy atom. The van der Waals surface area contributed by atoms with Crippen LogP contribution in [0, 0.1) is 10.1 Å². The number of benzene rings is 2. The minimum absolute atomic E-state index is 0.0481. The van der Waals surface area contributed by atoms with Gasteiger partial charge in [0, 0.05) is 18.3 Å². The van der Waals surface area contributed by atoms with Crippen molar-refractivity contribution in [3.05, 3.63) is 75.8 Å². The molecule has 0 aliphatic rings. The van der Waals surface area contributed by atoms with Crippen molar-refractivity contribution in [2.24, 2.45) is 4.99 Å². The molecule has 2 aromatic carbocycles. The average Bonchev–Trinajstić information content (AvgIpc) is 2.60. The van der Waals surface area contributed by atoms with E-state index in [9.17, 15) is 14.9 Å². The Bertz CT molecular complexity index is 726. The minimum atomic E-state index is -1.28. The van der Waals surface area contributed by atoms with Crippen molar-refractivity contribution < 1.29 is 14.5 Å². The maximum absolute atomic E-state index is 12.2. The fraction of sp³-hybridized carbons (Fsp3) is 0.176. The lowest BCUT2D eigenvalue weighted by atomic mass is 9.92. The van der Waals surface area contributed by atoms with E-state index in [4.69, 9.17) is 4.74 Å². The molecule has 2 rings (SSSR count). The molecule has 0 fully saturated rings. The van der Waals surface area contributed by atoms with E-state index in [-0.39, 0.29) is 5.69 Å². The Hall–Kier alpha value is -3.02. The van der Waals surface area contributed by atoms with Gasteiger partial charge in [0.2, 0.25) is 0 Å². The first-order chi connectivity index (χ1) is 11.0. The largest absolute Gasteiger partial charge is 0.467 e. The van der Waals surface area contributed by atoms with Crippen molar-refractivity contribution in [1.82, 2.24) is 0 Å². The second-order valence-electron chi connectivity index (χ2n) is 5.04. The van der Waals surface area contributed by atoms with Crippen molar-refractivity contribution in [2.75, 3.05) is 7.11 Å². The molecular weight excluding hydrogens is 296 g/mol. The number of esters is 1. The van der Waals surface area contributed by atoms with Gasteiger partial charge in [0.05, 0.1) is 12.0 Å². The van der Waals surface area contributed by atoms with Gasteiger partial charge in [-0.2, -0.15) is 0 Å². The number of methoxy groups -OCH3 is 1. The van der Waals surface area contributed by atoms with E-state index in [0.29, 0.717) is 5.56 Å². The summed E-state index contributed by atoms with van der Waals surface area (Å²) < 4.78 is 4.85. The van der Waals surface area contributed by atoms with Crippen LogP contribution in [-0.4, -0.2) is 24.2 Å². The summed E-state index contributed by atoms with van der Waals surface area (Å²) in [4.78, 5) is 26.8. The first kappa shape index (κ1) is 16.4. The second-order valence-corrected chi connectivity index (χ2v) is 5.04. The van der Waals surface area contributed by atoms with Crippen LogP contribution in [0.5, 0.6) is 0 Å². The molecule has 0 aliphatic carbocycles. The summed E-state index contributed by atoms with van der Waals surface area (Å²) in [5.74, 6) is -0.543. The number of rotatable bonds is 5. The minimum Gasteiger partial charge on any atom is -0.467 e. The molecule has 0 N–H and O–H groups in total. The Labute approximate surface area is 133 Å². The standard InChI is InChI=1S/C17H16N2O4/c1-17(16(20)23-2,18-12-13-6-4-3-5-7-13)14-8-10-15(11-9-14)19(21)22/h3-12H,1-2H3/t17-/m1/s1. The van der Waals surface area contributed by atoms with Gasteiger partial charge in [-0.3, -0.25) is 15.1 Å². The van der Waals surface area contributed by atoms with Gasteiger partial charge >= 0.3 is 5.97 Å². The zero-order chi connectivity index (χ0) is 16.9. The molecule has 0 saturated heterocycles. The topological polar surface area (TPSA) is 81.8 Å². The first-order valence-electron chi connectivity index (χ1n) is 6.91. The zero-order valence-corrected chi connectivity index (χ0v) is 12.8. The number of aliphatic imine (C=N–C) groups is 1. The molecule has 0 spiro atoms. The Morgan fingerprint density at radius 1 is 1.17 bits per heavy atom. The van der Waals surface area contributed by atoms with Crippen LogP contribution in [0.1, 0.15) is 18.1 Å². The molecule has 0 unspecified atom stereocenters. The van der Waals surface area contributed by atoms with E-state index in [0.717, 1.165) is 5.56 Å². The average molecular weight is 312 g/mol. The summed E-state index contributed by atoms with van der Waals surface area (Å²) in [5, 5.41) is 10.7. The predicted molar refractivity (Wildman–Crippen MR) is 86.5 cm³/mol. The van der Waals surface area contributed by atoms with Gasteiger partial charge in [-0.25, -0.2) is 4.79 Å². The quantitative estimate of drug-likeness (QED) is 0.367. The maximum atomic E-state index is 12.2. The van der Waals surface area contributed by atoms with Crippen molar-refractivity contribution in [1.29, 1.82) is 0 Å². The van der Waals surface area contributed by atoms with Crippen molar-refractivity contribution in [2.45, 2.75) is 12.5 Å². The van der Waals surface area contributed by atoms with Crippen LogP contribution < -0.4 is 0 Å². The van der Waals surface area contributed by atoms with Crippen LogP contribution in [0.25, 0.3) is 0 Å². The fourth-order valence-electron chi connectivity index (χ4n) is 2.09. The summed E-state index contributed by atoms with van der Waals surface area (Å²) in [6.45, 7) is 1.61. The molecule has 6 nitrogen and oxygen atoms in total. The molecule has 23 heavy (non-hydrogen) atoms. The Morgan fingerprint density at radius 3 is 2.30 bits per heavy atom. The fourth-order valence-corrected chi connectivity index (χ4v) is 2.09. The molecule has 0 saturated carbocycles. The van der Waals surface area contributed by atoms with E-state index < -0.39 is 16.4 Å². The van der Waals surface area contributed by atoms with Gasteiger partial charge in [-0.1, -0.05) is 30.3 Å². The number of nitro groups is 1. The third-order valence-corrected chi connectivity index (χ3v) is 3.49. The third kappa shape index (κ3) is 3.60. The summed E-state index contributed by atoms with van der Waals surface area (Å²) in [6.07, 6.45) is 1.58. The van der Waals surface area contributed by atoms with Crippen molar-refractivity contribution in [3.8, 4) is 0 Å². The second kappa shape index (κ2) is 6.83. The summed E-state index contributed by atoms with van der Waals surface area (Å²) in [7, 11) is 1.28. The molecular formula is C17H16N2O4. The molecule has 6 heteroatoms. The van der Waals surface area contributed by atoms with Gasteiger partial charge in [0.25, 0.3) is 5.69 Å². The van der Waals surface area contributed by atoms with Gasteiger partial charge in [0.1, 0.15) is 0 Å². The lowest BCUT2D eigenvalue weighted by Crippen LogP contribution is -2.32. The number of carbonyl (C=O) groups excluding carboxylic acids is 1. The van der Waals surface area contributed by atoms with Gasteiger partial charge in [0.15, 0.2) is 5.54 Å². The third-order valence-electron chi connectivity index (χ3n) is 3.49. The highest BCUT2D eigenvalue weighted by Gasteiger charge is 2.35. The van der Waals surface area contributed by atoms with Crippen LogP contribution in [-0.2, 0) is 15.1 Å². The highest BCUT2D eigenvalue weighted by Crippen LogP contribution is 2.28. The first-order valence-corrected chi connectivity index (χ1v) is 6.91. The number of carbonyl (C=O) groups is 1. The number of hydrogen-bond acceptors (Lipinski definition) is 5. The van der Waals surface area contributed by atoms with Crippen molar-refractivity contribution in [3.63, 3.8) is 0 Å². The molecule has 1 atom stereocenters. The Kier molecular flexibility index (Phi) is 4.85. The molecule has 0 amide bonds. The summed E-state index contributed by atoms with van der Waals surface area (Å²) in [6, 6.07) is 15.0. The SMILES string of the molecule is COC(=O)[C@](C)(N=Cc1ccccc1)c1ccc([N+](=O)[O-])cc1. The predicted octanol–water partition coefficient (Wildman–Crippen LogP) is 3.10. The Balaban J connectivity index is 2.41. The summed E-state index contributed by atoms with van der Waals surface area (Å²) >= 11 is 0. The lowest BCUT2D eigenvalue weighted by Gasteiger charge is -2.22. The summed E-state index contributed by atoms with van der Waals surface area (Å²) in [5.41, 5.74) is 0.0272. The highest BCUT2D eigenvalue weighted by molar-refractivity contribution is 5.87. The number of non-ortho nitro benzene ring substituents is 1. The highest BCUT2D eigenvalue weighted by atomic mass is 16.6. The van der Waals surface area contributed by atoms with E-state index in [2.05, 4.69) is 4.99 Å². The molecule has 0 radical (unpaired) electrons. The monoisotopic (exact) mass is 312 g/mol. The molecule has 0 bridgehead atoms. The van der Waals surface area contributed by atoms with Gasteiger partial charge < -0.3 is 4.74 Å². The molecule has 0 heterocycles. The number of ether oxygens (including phenoxy) is 1. The maximum Gasteiger partial charge on any atom is 0.338 e. The van der Waals surface area contributed by atoms with Crippen LogP contribution in [0.15, 0.2) is 59.6 Å². The molecule has 0 aromatic heterocycles. The normalized spacial score (nSPS) is 13.5. The molecule has 2 aromatic rings. The van der Waals surface area contributed by atoms with E-state index >= 15 is 0 Å². The lowest BCUT2D eigenvalue weighted by molar-refractivity contribution is -0.384. The van der Waals surface area contributed by atoms with Crippen LogP contribution >= 0.6 is 0 Å². The molecule has 0 aliphatic heterocycles. The van der Waals surface area contributed by atoms with Gasteiger partial charge in [-0.15, -0.1) is 0 Å². The van der Waals surface area contributed by atoms with E-state index in [1.165, 1.54) is 31.4 Å². The number of nitro benzene ring substituents is 1. The smallest absolute Gasteiger partial charge is 0.338 e. The number of hydrogen-bond donors (Lipinski definition) is 0. The van der Waals surface area contributed by atoms with Crippen molar-refractivity contribution >= 4 is 17.9 Å². The van der Waals surface area contributed by atoms with Crippen LogP contribution in [0.4, 0.5) is 5.69 Å². The van der Waals surface area contributed by atoms with E-state index in [1.54, 1.807) is 13.1 Å². The number of nitrogens with zero attached hydrogens (tertiary/aromatic N) is 2. The van der Waals surface area contributed by atoms with Crippen LogP contribution in [0.3, 0.4) is 0 Å². The van der Waals surface area contributed by atoms with Crippen LogP contribution in [0.2, 0.25) is 0 Å². The zero-order valence-electron chi connectivity index (χ0n) is 12.8. The molecule has 118 valence electrons.